The molecule has 34 heavy (non-hydrogen) atoms. The molecular formula is C28H31FO5. The van der Waals surface area contributed by atoms with Gasteiger partial charge in [0.1, 0.15) is 17.3 Å². The molecular weight excluding hydrogens is 435 g/mol. The number of methoxy groups -OCH3 is 1. The molecule has 0 amide bonds. The lowest BCUT2D eigenvalue weighted by Crippen LogP contribution is -2.34. The van der Waals surface area contributed by atoms with Crippen molar-refractivity contribution in [3.05, 3.63) is 71.0 Å². The van der Waals surface area contributed by atoms with Crippen molar-refractivity contribution in [3.8, 4) is 5.75 Å². The molecule has 0 saturated heterocycles. The number of halogens is 1. The normalized spacial score (nSPS) is 23.9. The van der Waals surface area contributed by atoms with Crippen LogP contribution in [0.2, 0.25) is 0 Å². The van der Waals surface area contributed by atoms with Crippen molar-refractivity contribution < 1.29 is 28.2 Å². The molecule has 2 aliphatic rings. The maximum atomic E-state index is 13.7. The highest BCUT2D eigenvalue weighted by molar-refractivity contribution is 5.80. The summed E-state index contributed by atoms with van der Waals surface area (Å²) in [6.07, 6.45) is 3.68. The van der Waals surface area contributed by atoms with Crippen LogP contribution in [-0.2, 0) is 25.5 Å². The van der Waals surface area contributed by atoms with E-state index in [1.807, 2.05) is 32.0 Å². The molecule has 0 bridgehead atoms. The zero-order valence-electron chi connectivity index (χ0n) is 20.1. The third kappa shape index (κ3) is 4.78. The standard InChI is InChI=1S/C28H31FO5/c1-17(2)34-25-10-5-19(13-18(3)30)14-24(25)21-15-28(33-16-21)12-11-23(27(31)32-4)26(28)20-6-8-22(29)9-7-20/h5-10,14-15,17,23,26H,11-13,16H2,1-4H3. The van der Waals surface area contributed by atoms with E-state index in [9.17, 15) is 14.0 Å². The van der Waals surface area contributed by atoms with E-state index >= 15 is 0 Å². The molecule has 0 radical (unpaired) electrons. The van der Waals surface area contributed by atoms with Crippen molar-refractivity contribution in [2.45, 2.75) is 57.7 Å². The average molecular weight is 467 g/mol. The number of ether oxygens (including phenoxy) is 3. The van der Waals surface area contributed by atoms with Gasteiger partial charge in [-0.15, -0.1) is 0 Å². The van der Waals surface area contributed by atoms with Crippen LogP contribution in [0.5, 0.6) is 5.75 Å². The maximum Gasteiger partial charge on any atom is 0.309 e. The van der Waals surface area contributed by atoms with Crippen LogP contribution in [0.3, 0.4) is 0 Å². The van der Waals surface area contributed by atoms with E-state index in [2.05, 4.69) is 6.08 Å². The number of benzene rings is 2. The van der Waals surface area contributed by atoms with E-state index in [1.54, 1.807) is 19.1 Å². The van der Waals surface area contributed by atoms with Gasteiger partial charge in [0.25, 0.3) is 0 Å². The Hall–Kier alpha value is -2.99. The van der Waals surface area contributed by atoms with Gasteiger partial charge in [0.05, 0.1) is 31.3 Å². The van der Waals surface area contributed by atoms with Gasteiger partial charge in [-0.25, -0.2) is 4.39 Å². The summed E-state index contributed by atoms with van der Waals surface area (Å²) in [5.41, 5.74) is 2.89. The topological polar surface area (TPSA) is 61.8 Å². The Bertz CT molecular complexity index is 1100. The number of hydrogen-bond donors (Lipinski definition) is 0. The van der Waals surface area contributed by atoms with Gasteiger partial charge in [-0.2, -0.15) is 0 Å². The van der Waals surface area contributed by atoms with Gasteiger partial charge in [-0.3, -0.25) is 9.59 Å². The predicted octanol–water partition coefficient (Wildman–Crippen LogP) is 5.26. The minimum absolute atomic E-state index is 0.0172. The van der Waals surface area contributed by atoms with Crippen molar-refractivity contribution in [3.63, 3.8) is 0 Å². The fourth-order valence-electron chi connectivity index (χ4n) is 5.29. The van der Waals surface area contributed by atoms with Gasteiger partial charge in [-0.05, 0) is 80.7 Å². The number of carbonyl (C=O) groups excluding carboxylic acids is 2. The van der Waals surface area contributed by atoms with Crippen LogP contribution < -0.4 is 4.74 Å². The highest BCUT2D eigenvalue weighted by atomic mass is 19.1. The van der Waals surface area contributed by atoms with Crippen LogP contribution in [-0.4, -0.2) is 37.2 Å². The van der Waals surface area contributed by atoms with Crippen LogP contribution in [0.1, 0.15) is 56.2 Å². The zero-order chi connectivity index (χ0) is 24.5. The fourth-order valence-corrected chi connectivity index (χ4v) is 5.29. The Morgan fingerprint density at radius 3 is 2.56 bits per heavy atom. The molecule has 180 valence electrons. The third-order valence-corrected chi connectivity index (χ3v) is 6.63. The number of carbonyl (C=O) groups is 2. The summed E-state index contributed by atoms with van der Waals surface area (Å²) in [6.45, 7) is 5.86. The van der Waals surface area contributed by atoms with Gasteiger partial charge >= 0.3 is 5.97 Å². The van der Waals surface area contributed by atoms with E-state index in [1.165, 1.54) is 19.2 Å². The first-order valence-corrected chi connectivity index (χ1v) is 11.7. The summed E-state index contributed by atoms with van der Waals surface area (Å²) < 4.78 is 31.3. The zero-order valence-corrected chi connectivity index (χ0v) is 20.1. The van der Waals surface area contributed by atoms with Crippen molar-refractivity contribution in [2.75, 3.05) is 13.7 Å². The molecule has 0 N–H and O–H groups in total. The number of hydrogen-bond acceptors (Lipinski definition) is 5. The van der Waals surface area contributed by atoms with Gasteiger partial charge in [-0.1, -0.05) is 18.2 Å². The summed E-state index contributed by atoms with van der Waals surface area (Å²) in [5.74, 6) is -0.482. The van der Waals surface area contributed by atoms with E-state index in [0.717, 1.165) is 28.0 Å². The van der Waals surface area contributed by atoms with Crippen molar-refractivity contribution in [1.82, 2.24) is 0 Å². The highest BCUT2D eigenvalue weighted by Crippen LogP contribution is 2.54. The molecule has 1 aliphatic carbocycles. The molecule has 3 unspecified atom stereocenters. The lowest BCUT2D eigenvalue weighted by Gasteiger charge is -2.31. The maximum absolute atomic E-state index is 13.7. The second kappa shape index (κ2) is 9.71. The first kappa shape index (κ1) is 24.1. The van der Waals surface area contributed by atoms with Gasteiger partial charge in [0.2, 0.25) is 0 Å². The molecule has 2 aromatic carbocycles. The molecule has 3 atom stereocenters. The first-order valence-electron chi connectivity index (χ1n) is 11.7. The summed E-state index contributed by atoms with van der Waals surface area (Å²) in [5, 5.41) is 0. The Labute approximate surface area is 199 Å². The first-order chi connectivity index (χ1) is 16.2. The van der Waals surface area contributed by atoms with Crippen molar-refractivity contribution in [1.29, 1.82) is 0 Å². The largest absolute Gasteiger partial charge is 0.490 e. The van der Waals surface area contributed by atoms with Gasteiger partial charge in [0, 0.05) is 17.9 Å². The van der Waals surface area contributed by atoms with E-state index in [0.29, 0.717) is 25.9 Å². The number of Topliss-reactive ketones (excluding diaryl/α,β-unsaturated/α-hetero) is 1. The molecule has 4 rings (SSSR count). The Kier molecular flexibility index (Phi) is 6.89. The number of ketones is 1. The summed E-state index contributed by atoms with van der Waals surface area (Å²) in [7, 11) is 1.39. The van der Waals surface area contributed by atoms with E-state index < -0.39 is 5.60 Å². The summed E-state index contributed by atoms with van der Waals surface area (Å²) >= 11 is 0. The lowest BCUT2D eigenvalue weighted by atomic mass is 9.79. The second-order valence-electron chi connectivity index (χ2n) is 9.49. The molecule has 1 heterocycles. The van der Waals surface area contributed by atoms with Gasteiger partial charge < -0.3 is 14.2 Å². The second-order valence-corrected chi connectivity index (χ2v) is 9.49. The third-order valence-electron chi connectivity index (χ3n) is 6.63. The molecule has 1 aliphatic heterocycles. The Morgan fingerprint density at radius 1 is 1.18 bits per heavy atom. The Morgan fingerprint density at radius 2 is 1.91 bits per heavy atom. The molecule has 5 nitrogen and oxygen atoms in total. The van der Waals surface area contributed by atoms with Crippen LogP contribution in [0.4, 0.5) is 4.39 Å². The van der Waals surface area contributed by atoms with Crippen LogP contribution in [0.25, 0.3) is 5.57 Å². The molecule has 0 aromatic heterocycles. The predicted molar refractivity (Wildman–Crippen MR) is 127 cm³/mol. The van der Waals surface area contributed by atoms with Crippen LogP contribution >= 0.6 is 0 Å². The van der Waals surface area contributed by atoms with Crippen molar-refractivity contribution in [2.24, 2.45) is 5.92 Å². The Balaban J connectivity index is 1.78. The quantitative estimate of drug-likeness (QED) is 0.521. The minimum Gasteiger partial charge on any atom is -0.490 e. The summed E-state index contributed by atoms with van der Waals surface area (Å²) in [6, 6.07) is 12.1. The highest BCUT2D eigenvalue weighted by Gasteiger charge is 2.54. The molecule has 1 fully saturated rings. The summed E-state index contributed by atoms with van der Waals surface area (Å²) in [4.78, 5) is 24.4. The van der Waals surface area contributed by atoms with Crippen molar-refractivity contribution >= 4 is 17.3 Å². The lowest BCUT2D eigenvalue weighted by molar-refractivity contribution is -0.146. The average Bonchev–Trinajstić information content (AvgIpc) is 3.38. The number of esters is 1. The molecule has 1 saturated carbocycles. The van der Waals surface area contributed by atoms with E-state index in [-0.39, 0.29) is 35.5 Å². The SMILES string of the molecule is COC(=O)C1CCC2(C=C(c3cc(CC(C)=O)ccc3OC(C)C)CO2)C1c1ccc(F)cc1. The van der Waals surface area contributed by atoms with Crippen LogP contribution in [0, 0.1) is 11.7 Å². The molecule has 2 aromatic rings. The fraction of sp³-hybridized carbons (Fsp3) is 0.429. The molecule has 6 heteroatoms. The van der Waals surface area contributed by atoms with Crippen LogP contribution in [0.15, 0.2) is 48.5 Å². The molecule has 1 spiro atoms. The minimum atomic E-state index is -0.711. The monoisotopic (exact) mass is 466 g/mol. The van der Waals surface area contributed by atoms with E-state index in [4.69, 9.17) is 14.2 Å². The van der Waals surface area contributed by atoms with Gasteiger partial charge in [0.15, 0.2) is 0 Å². The smallest absolute Gasteiger partial charge is 0.309 e. The number of rotatable bonds is 7.